The van der Waals surface area contributed by atoms with Gasteiger partial charge in [-0.15, -0.1) is 0 Å². The number of nitrogens with one attached hydrogen (secondary N) is 2. The average Bonchev–Trinajstić information content (AvgIpc) is 2.06. The van der Waals surface area contributed by atoms with Crippen molar-refractivity contribution in [3.8, 4) is 0 Å². The van der Waals surface area contributed by atoms with Crippen LogP contribution in [0.5, 0.6) is 0 Å². The summed E-state index contributed by atoms with van der Waals surface area (Å²) in [6.45, 7) is 2.82. The number of hydrogen-bond donors (Lipinski definition) is 2. The molecule has 0 saturated carbocycles. The molecule has 5 heteroatoms. The van der Waals surface area contributed by atoms with Crippen LogP contribution in [0.15, 0.2) is 18.3 Å². The van der Waals surface area contributed by atoms with Crippen molar-refractivity contribution >= 4 is 23.3 Å². The van der Waals surface area contributed by atoms with Crippen LogP contribution in [-0.4, -0.2) is 16.8 Å². The van der Waals surface area contributed by atoms with Crippen molar-refractivity contribution in [1.82, 2.24) is 4.98 Å². The minimum atomic E-state index is -0.176. The molecule has 0 atom stereocenters. The lowest BCUT2D eigenvalue weighted by atomic mass is 10.4. The first-order valence-electron chi connectivity index (χ1n) is 4.09. The minimum Gasteiger partial charge on any atom is -0.325 e. The van der Waals surface area contributed by atoms with E-state index in [1.54, 1.807) is 12.1 Å². The smallest absolute Gasteiger partial charge is 0.222 e. The van der Waals surface area contributed by atoms with Crippen LogP contribution in [0.25, 0.3) is 0 Å². The van der Waals surface area contributed by atoms with Gasteiger partial charge in [-0.05, 0) is 12.1 Å². The Labute approximate surface area is 81.5 Å². The van der Waals surface area contributed by atoms with Crippen molar-refractivity contribution in [2.24, 2.45) is 0 Å². The molecular weight excluding hydrogens is 182 g/mol. The van der Waals surface area contributed by atoms with E-state index in [1.807, 2.05) is 0 Å². The molecule has 0 aliphatic rings. The maximum atomic E-state index is 10.7. The van der Waals surface area contributed by atoms with Gasteiger partial charge in [0.05, 0.1) is 11.9 Å². The van der Waals surface area contributed by atoms with Crippen LogP contribution in [0.1, 0.15) is 13.8 Å². The number of hydrogen-bond acceptors (Lipinski definition) is 3. The summed E-state index contributed by atoms with van der Waals surface area (Å²) < 4.78 is 0. The number of aromatic nitrogens is 1. The topological polar surface area (TPSA) is 71.1 Å². The van der Waals surface area contributed by atoms with Crippen LogP contribution in [0.2, 0.25) is 0 Å². The van der Waals surface area contributed by atoms with Gasteiger partial charge in [0.25, 0.3) is 0 Å². The maximum absolute atomic E-state index is 10.7. The first-order valence-corrected chi connectivity index (χ1v) is 4.09. The first kappa shape index (κ1) is 10.2. The van der Waals surface area contributed by atoms with Gasteiger partial charge in [-0.1, -0.05) is 0 Å². The van der Waals surface area contributed by atoms with Crippen molar-refractivity contribution in [1.29, 1.82) is 0 Å². The van der Waals surface area contributed by atoms with Crippen molar-refractivity contribution in [2.45, 2.75) is 13.8 Å². The predicted octanol–water partition coefficient (Wildman–Crippen LogP) is 0.998. The van der Waals surface area contributed by atoms with Crippen LogP contribution < -0.4 is 10.6 Å². The van der Waals surface area contributed by atoms with Crippen LogP contribution in [0, 0.1) is 0 Å². The van der Waals surface area contributed by atoms with Gasteiger partial charge < -0.3 is 10.6 Å². The maximum Gasteiger partial charge on any atom is 0.222 e. The number of amides is 2. The van der Waals surface area contributed by atoms with Crippen molar-refractivity contribution in [3.63, 3.8) is 0 Å². The van der Waals surface area contributed by atoms with Gasteiger partial charge in [0.15, 0.2) is 0 Å². The molecule has 0 bridgehead atoms. The Balaban J connectivity index is 2.68. The number of pyridine rings is 1. The van der Waals surface area contributed by atoms with E-state index in [0.717, 1.165) is 0 Å². The Morgan fingerprint density at radius 1 is 1.14 bits per heavy atom. The fourth-order valence-corrected chi connectivity index (χ4v) is 0.925. The van der Waals surface area contributed by atoms with Crippen LogP contribution in [-0.2, 0) is 9.59 Å². The largest absolute Gasteiger partial charge is 0.325 e. The van der Waals surface area contributed by atoms with Gasteiger partial charge in [-0.2, -0.15) is 0 Å². The second-order valence-electron chi connectivity index (χ2n) is 2.79. The van der Waals surface area contributed by atoms with Gasteiger partial charge in [-0.25, -0.2) is 4.98 Å². The molecule has 0 fully saturated rings. The van der Waals surface area contributed by atoms with Gasteiger partial charge in [0.1, 0.15) is 5.82 Å². The molecular formula is C9H11N3O2. The van der Waals surface area contributed by atoms with Crippen LogP contribution in [0.4, 0.5) is 11.5 Å². The Morgan fingerprint density at radius 3 is 2.21 bits per heavy atom. The van der Waals surface area contributed by atoms with Crippen LogP contribution in [0.3, 0.4) is 0 Å². The molecule has 1 rings (SSSR count). The molecule has 0 unspecified atom stereocenters. The lowest BCUT2D eigenvalue weighted by Gasteiger charge is -2.03. The van der Waals surface area contributed by atoms with Crippen molar-refractivity contribution < 1.29 is 9.59 Å². The highest BCUT2D eigenvalue weighted by Crippen LogP contribution is 2.08. The lowest BCUT2D eigenvalue weighted by Crippen LogP contribution is -2.09. The number of anilines is 2. The molecule has 14 heavy (non-hydrogen) atoms. The third kappa shape index (κ3) is 3.22. The van der Waals surface area contributed by atoms with Gasteiger partial charge in [0.2, 0.25) is 11.8 Å². The number of rotatable bonds is 2. The van der Waals surface area contributed by atoms with E-state index in [2.05, 4.69) is 15.6 Å². The monoisotopic (exact) mass is 193 g/mol. The second-order valence-corrected chi connectivity index (χ2v) is 2.79. The summed E-state index contributed by atoms with van der Waals surface area (Å²) in [7, 11) is 0. The van der Waals surface area contributed by atoms with Gasteiger partial charge in [-0.3, -0.25) is 9.59 Å². The summed E-state index contributed by atoms with van der Waals surface area (Å²) in [5.41, 5.74) is 0.603. The van der Waals surface area contributed by atoms with E-state index in [-0.39, 0.29) is 11.8 Å². The molecule has 0 spiro atoms. The molecule has 1 aromatic rings. The zero-order valence-electron chi connectivity index (χ0n) is 8.00. The Hall–Kier alpha value is -1.91. The number of nitrogens with zero attached hydrogens (tertiary/aromatic N) is 1. The Kier molecular flexibility index (Phi) is 3.17. The normalized spacial score (nSPS) is 9.29. The SMILES string of the molecule is CC(=O)Nc1ccc(NC(C)=O)nc1. The number of carbonyl (C=O) groups excluding carboxylic acids is 2. The van der Waals surface area contributed by atoms with E-state index in [1.165, 1.54) is 20.0 Å². The van der Waals surface area contributed by atoms with E-state index in [9.17, 15) is 9.59 Å². The molecule has 1 heterocycles. The summed E-state index contributed by atoms with van der Waals surface area (Å²) in [4.78, 5) is 25.2. The number of carbonyl (C=O) groups is 2. The van der Waals surface area contributed by atoms with Gasteiger partial charge in [0, 0.05) is 13.8 Å². The van der Waals surface area contributed by atoms with Crippen molar-refractivity contribution in [2.75, 3.05) is 10.6 Å². The fourth-order valence-electron chi connectivity index (χ4n) is 0.925. The molecule has 2 amide bonds. The molecule has 0 radical (unpaired) electrons. The zero-order chi connectivity index (χ0) is 10.6. The third-order valence-electron chi connectivity index (χ3n) is 1.39. The van der Waals surface area contributed by atoms with Crippen LogP contribution >= 0.6 is 0 Å². The Bertz CT molecular complexity index is 311. The molecule has 2 N–H and O–H groups in total. The van der Waals surface area contributed by atoms with E-state index >= 15 is 0 Å². The molecule has 0 aromatic carbocycles. The zero-order valence-corrected chi connectivity index (χ0v) is 8.00. The summed E-state index contributed by atoms with van der Waals surface area (Å²) in [5.74, 6) is 0.135. The highest BCUT2D eigenvalue weighted by molar-refractivity contribution is 5.89. The molecule has 1 aromatic heterocycles. The lowest BCUT2D eigenvalue weighted by molar-refractivity contribution is -0.115. The van der Waals surface area contributed by atoms with E-state index in [0.29, 0.717) is 11.5 Å². The highest BCUT2D eigenvalue weighted by atomic mass is 16.2. The van der Waals surface area contributed by atoms with E-state index < -0.39 is 0 Å². The molecule has 0 saturated heterocycles. The van der Waals surface area contributed by atoms with Crippen molar-refractivity contribution in [3.05, 3.63) is 18.3 Å². The third-order valence-corrected chi connectivity index (χ3v) is 1.39. The second kappa shape index (κ2) is 4.36. The molecule has 0 aliphatic heterocycles. The minimum absolute atomic E-state index is 0.154. The summed E-state index contributed by atoms with van der Waals surface area (Å²) in [5, 5.41) is 5.09. The first-order chi connectivity index (χ1) is 6.58. The average molecular weight is 193 g/mol. The fraction of sp³-hybridized carbons (Fsp3) is 0.222. The summed E-state index contributed by atoms with van der Waals surface area (Å²) in [6.07, 6.45) is 1.48. The predicted molar refractivity (Wildman–Crippen MR) is 52.8 cm³/mol. The molecule has 0 aliphatic carbocycles. The quantitative estimate of drug-likeness (QED) is 0.736. The van der Waals surface area contributed by atoms with E-state index in [4.69, 9.17) is 0 Å². The molecule has 74 valence electrons. The summed E-state index contributed by atoms with van der Waals surface area (Å²) >= 11 is 0. The highest BCUT2D eigenvalue weighted by Gasteiger charge is 1.98. The standard InChI is InChI=1S/C9H11N3O2/c1-6(13)11-8-3-4-9(10-5-8)12-7(2)14/h3-5H,1-2H3,(H,11,13)(H,10,12,14). The Morgan fingerprint density at radius 2 is 1.79 bits per heavy atom. The molecule has 5 nitrogen and oxygen atoms in total. The van der Waals surface area contributed by atoms with Gasteiger partial charge >= 0.3 is 0 Å². The summed E-state index contributed by atoms with van der Waals surface area (Å²) in [6, 6.07) is 3.28.